The van der Waals surface area contributed by atoms with Gasteiger partial charge in [0, 0.05) is 26.1 Å². The molecule has 1 aliphatic heterocycles. The lowest BCUT2D eigenvalue weighted by Gasteiger charge is -2.32. The van der Waals surface area contributed by atoms with Gasteiger partial charge >= 0.3 is 0 Å². The smallest absolute Gasteiger partial charge is 0.222 e. The minimum Gasteiger partial charge on any atom is -0.378 e. The van der Waals surface area contributed by atoms with Crippen molar-refractivity contribution in [3.05, 3.63) is 0 Å². The predicted octanol–water partition coefficient (Wildman–Crippen LogP) is 3.13. The monoisotopic (exact) mass is 332 g/mol. The molecule has 0 unspecified atom stereocenters. The second kappa shape index (κ2) is 11.3. The molecule has 130 valence electrons. The first-order valence-corrected chi connectivity index (χ1v) is 8.89. The molecule has 1 amide bonds. The van der Waals surface area contributed by atoms with Gasteiger partial charge in [-0.05, 0) is 44.6 Å². The van der Waals surface area contributed by atoms with E-state index in [0.717, 1.165) is 57.7 Å². The number of amides is 1. The highest BCUT2D eigenvalue weighted by Gasteiger charge is 2.23. The van der Waals surface area contributed by atoms with Crippen LogP contribution in [0.3, 0.4) is 0 Å². The Morgan fingerprint density at radius 3 is 2.41 bits per heavy atom. The summed E-state index contributed by atoms with van der Waals surface area (Å²) in [5.74, 6) is 1.26. The lowest BCUT2D eigenvalue weighted by Crippen LogP contribution is -2.41. The minimum atomic E-state index is 0. The Balaban J connectivity index is 0.00000242. The van der Waals surface area contributed by atoms with E-state index >= 15 is 0 Å². The van der Waals surface area contributed by atoms with Gasteiger partial charge in [-0.2, -0.15) is 0 Å². The van der Waals surface area contributed by atoms with Gasteiger partial charge in [0.1, 0.15) is 0 Å². The minimum absolute atomic E-state index is 0. The number of rotatable bonds is 8. The van der Waals surface area contributed by atoms with Crippen molar-refractivity contribution in [1.29, 1.82) is 0 Å². The van der Waals surface area contributed by atoms with Gasteiger partial charge in [0.15, 0.2) is 0 Å². The second-order valence-electron chi connectivity index (χ2n) is 6.64. The van der Waals surface area contributed by atoms with E-state index in [-0.39, 0.29) is 12.4 Å². The van der Waals surface area contributed by atoms with Crippen LogP contribution in [-0.4, -0.2) is 43.2 Å². The van der Waals surface area contributed by atoms with Crippen molar-refractivity contribution in [1.82, 2.24) is 4.90 Å². The number of likely N-dealkylation sites (tertiary alicyclic amines) is 1. The summed E-state index contributed by atoms with van der Waals surface area (Å²) in [5.41, 5.74) is 5.46. The fraction of sp³-hybridized carbons (Fsp3) is 0.941. The molecule has 1 saturated carbocycles. The number of hydrogen-bond donors (Lipinski definition) is 1. The molecule has 1 saturated heterocycles. The number of nitrogens with zero attached hydrogens (tertiary/aromatic N) is 1. The predicted molar refractivity (Wildman–Crippen MR) is 92.3 cm³/mol. The maximum absolute atomic E-state index is 12.2. The third kappa shape index (κ3) is 6.84. The van der Waals surface area contributed by atoms with Crippen LogP contribution < -0.4 is 5.73 Å². The van der Waals surface area contributed by atoms with Crippen molar-refractivity contribution >= 4 is 18.3 Å². The molecule has 0 atom stereocenters. The standard InChI is InChI=1S/C17H32N2O2.ClH/c18-11-4-14-21-16-9-12-19(13-10-16)17(20)8-3-7-15-5-1-2-6-15;/h15-16H,1-14,18H2;1H. The maximum Gasteiger partial charge on any atom is 0.222 e. The molecule has 0 aromatic heterocycles. The van der Waals surface area contributed by atoms with E-state index in [0.29, 0.717) is 18.6 Å². The van der Waals surface area contributed by atoms with Crippen molar-refractivity contribution in [2.45, 2.75) is 70.3 Å². The molecule has 0 aromatic carbocycles. The van der Waals surface area contributed by atoms with Gasteiger partial charge in [0.05, 0.1) is 6.10 Å². The summed E-state index contributed by atoms with van der Waals surface area (Å²) in [6.45, 7) is 3.19. The molecule has 4 nitrogen and oxygen atoms in total. The Bertz CT molecular complexity index is 301. The topological polar surface area (TPSA) is 55.6 Å². The van der Waals surface area contributed by atoms with Gasteiger partial charge in [0.25, 0.3) is 0 Å². The molecule has 5 heteroatoms. The molecule has 2 aliphatic rings. The zero-order valence-corrected chi connectivity index (χ0v) is 14.6. The second-order valence-corrected chi connectivity index (χ2v) is 6.64. The molecule has 0 spiro atoms. The first-order chi connectivity index (χ1) is 10.3. The zero-order valence-electron chi connectivity index (χ0n) is 13.8. The van der Waals surface area contributed by atoms with Crippen LogP contribution in [-0.2, 0) is 9.53 Å². The summed E-state index contributed by atoms with van der Waals surface area (Å²) in [7, 11) is 0. The van der Waals surface area contributed by atoms with E-state index in [2.05, 4.69) is 0 Å². The molecule has 0 bridgehead atoms. The number of carbonyl (C=O) groups is 1. The van der Waals surface area contributed by atoms with Gasteiger partial charge in [-0.25, -0.2) is 0 Å². The van der Waals surface area contributed by atoms with E-state index in [9.17, 15) is 4.79 Å². The Morgan fingerprint density at radius 1 is 1.09 bits per heavy atom. The fourth-order valence-corrected chi connectivity index (χ4v) is 3.60. The lowest BCUT2D eigenvalue weighted by molar-refractivity contribution is -0.134. The zero-order chi connectivity index (χ0) is 14.9. The molecule has 2 rings (SSSR count). The number of nitrogens with two attached hydrogens (primary N) is 1. The average Bonchev–Trinajstić information content (AvgIpc) is 3.01. The molecule has 2 N–H and O–H groups in total. The van der Waals surface area contributed by atoms with Gasteiger partial charge < -0.3 is 15.4 Å². The number of hydrogen-bond acceptors (Lipinski definition) is 3. The quantitative estimate of drug-likeness (QED) is 0.695. The molecule has 2 fully saturated rings. The highest BCUT2D eigenvalue weighted by atomic mass is 35.5. The Labute approximate surface area is 141 Å². The summed E-state index contributed by atoms with van der Waals surface area (Å²) < 4.78 is 5.78. The number of halogens is 1. The molecule has 22 heavy (non-hydrogen) atoms. The van der Waals surface area contributed by atoms with Crippen molar-refractivity contribution in [3.63, 3.8) is 0 Å². The molecule has 0 aromatic rings. The van der Waals surface area contributed by atoms with Gasteiger partial charge in [0.2, 0.25) is 5.91 Å². The van der Waals surface area contributed by atoms with Crippen LogP contribution in [0.25, 0.3) is 0 Å². The first-order valence-electron chi connectivity index (χ1n) is 8.89. The molecule has 1 aliphatic carbocycles. The van der Waals surface area contributed by atoms with Crippen molar-refractivity contribution in [2.24, 2.45) is 11.7 Å². The van der Waals surface area contributed by atoms with Gasteiger partial charge in [-0.3, -0.25) is 4.79 Å². The maximum atomic E-state index is 12.2. The summed E-state index contributed by atoms with van der Waals surface area (Å²) in [6.07, 6.45) is 11.9. The lowest BCUT2D eigenvalue weighted by atomic mass is 10.00. The van der Waals surface area contributed by atoms with Crippen molar-refractivity contribution in [3.8, 4) is 0 Å². The number of carbonyl (C=O) groups excluding carboxylic acids is 1. The van der Waals surface area contributed by atoms with Gasteiger partial charge in [-0.1, -0.05) is 25.7 Å². The van der Waals surface area contributed by atoms with Crippen molar-refractivity contribution < 1.29 is 9.53 Å². The summed E-state index contributed by atoms with van der Waals surface area (Å²) in [5, 5.41) is 0. The highest BCUT2D eigenvalue weighted by Crippen LogP contribution is 2.29. The fourth-order valence-electron chi connectivity index (χ4n) is 3.60. The number of ether oxygens (including phenoxy) is 1. The molecule has 1 heterocycles. The summed E-state index contributed by atoms with van der Waals surface area (Å²) in [6, 6.07) is 0. The molecular formula is C17H33ClN2O2. The van der Waals surface area contributed by atoms with Crippen LogP contribution in [0.15, 0.2) is 0 Å². The molecule has 0 radical (unpaired) electrons. The van der Waals surface area contributed by atoms with Crippen molar-refractivity contribution in [2.75, 3.05) is 26.2 Å². The van der Waals surface area contributed by atoms with Crippen LogP contribution in [0.5, 0.6) is 0 Å². The number of piperidine rings is 1. The third-order valence-electron chi connectivity index (χ3n) is 4.97. The Hall–Kier alpha value is -0.320. The van der Waals surface area contributed by atoms with Crippen LogP contribution in [0.4, 0.5) is 0 Å². The van der Waals surface area contributed by atoms with E-state index < -0.39 is 0 Å². The Kier molecular flexibility index (Phi) is 10.1. The van der Waals surface area contributed by atoms with Gasteiger partial charge in [-0.15, -0.1) is 12.4 Å². The van der Waals surface area contributed by atoms with Crippen LogP contribution >= 0.6 is 12.4 Å². The highest BCUT2D eigenvalue weighted by molar-refractivity contribution is 5.85. The van der Waals surface area contributed by atoms with Crippen LogP contribution in [0.2, 0.25) is 0 Å². The summed E-state index contributed by atoms with van der Waals surface area (Å²) >= 11 is 0. The van der Waals surface area contributed by atoms with Crippen LogP contribution in [0, 0.1) is 5.92 Å². The average molecular weight is 333 g/mol. The van der Waals surface area contributed by atoms with E-state index in [4.69, 9.17) is 10.5 Å². The molecular weight excluding hydrogens is 300 g/mol. The third-order valence-corrected chi connectivity index (χ3v) is 4.97. The normalized spacial score (nSPS) is 20.1. The SMILES string of the molecule is Cl.NCCCOC1CCN(C(=O)CCCC2CCCC2)CC1. The summed E-state index contributed by atoms with van der Waals surface area (Å²) in [4.78, 5) is 14.2. The van der Waals surface area contributed by atoms with E-state index in [1.54, 1.807) is 0 Å². The van der Waals surface area contributed by atoms with E-state index in [1.165, 1.54) is 32.1 Å². The van der Waals surface area contributed by atoms with E-state index in [1.807, 2.05) is 4.90 Å². The Morgan fingerprint density at radius 2 is 1.77 bits per heavy atom. The first kappa shape index (κ1) is 19.7. The largest absolute Gasteiger partial charge is 0.378 e. The van der Waals surface area contributed by atoms with Crippen LogP contribution in [0.1, 0.15) is 64.2 Å².